The van der Waals surface area contributed by atoms with Crippen molar-refractivity contribution in [2.45, 2.75) is 117 Å². The number of benzene rings is 4. The molecule has 133 heavy (non-hydrogen) atoms. The number of esters is 1. The molecule has 14 N–H and O–H groups in total. The molecule has 4 aliphatic heterocycles. The maximum Gasteiger partial charge on any atom is 0.302 e. The minimum atomic E-state index is -0.518. The molecule has 0 aliphatic carbocycles. The Kier molecular flexibility index (Phi) is 32.1. The number of carbonyl (C=O) groups excluding carboxylic acids is 6. The summed E-state index contributed by atoms with van der Waals surface area (Å²) in [5, 5.41) is 18.9. The number of thiophene rings is 4. The number of rotatable bonds is 29. The fraction of sp³-hybridized carbons (Fsp3) is 0.367. The van der Waals surface area contributed by atoms with Gasteiger partial charge in [-0.1, -0.05) is 0 Å². The Morgan fingerprint density at radius 3 is 0.985 bits per heavy atom. The number of primary amides is 4. The number of carbonyl (C=O) groups is 6. The van der Waals surface area contributed by atoms with E-state index in [0.29, 0.717) is 178 Å². The highest BCUT2D eigenvalue weighted by molar-refractivity contribution is 7.22. The van der Waals surface area contributed by atoms with Crippen molar-refractivity contribution in [1.82, 2.24) is 69.4 Å². The zero-order valence-corrected chi connectivity index (χ0v) is 78.0. The van der Waals surface area contributed by atoms with Gasteiger partial charge in [-0.05, 0) is 150 Å². The van der Waals surface area contributed by atoms with E-state index >= 15 is 0 Å². The molecule has 43 heteroatoms. The number of nitrogens with two attached hydrogens (primary N) is 5. The molecule has 0 spiro atoms. The Bertz CT molecular complexity index is 6360. The summed E-state index contributed by atoms with van der Waals surface area (Å²) in [6.45, 7) is 19.0. The van der Waals surface area contributed by atoms with Crippen LogP contribution < -0.4 is 68.9 Å². The van der Waals surface area contributed by atoms with E-state index in [2.05, 4.69) is 85.7 Å². The molecule has 4 saturated heterocycles. The van der Waals surface area contributed by atoms with Gasteiger partial charge in [0.1, 0.15) is 150 Å². The molecule has 0 unspecified atom stereocenters. The van der Waals surface area contributed by atoms with Crippen LogP contribution in [0.15, 0.2) is 110 Å². The summed E-state index contributed by atoms with van der Waals surface area (Å²) in [4.78, 5) is 124. The van der Waals surface area contributed by atoms with Crippen LogP contribution in [0.5, 0.6) is 23.0 Å². The number of likely N-dealkylation sites (N-methyl/N-ethyl adjacent to an activating group) is 1. The SMILES string of the molecule is CC(=O)OCCN1CCC(Oc2cc(F)ccc2Nc2ncnc3sc(C(N)=O)c(C)c23)CC1.Cc1c(C(N)=O)sc2ncnc(Nc3ccc(F)cc3OC3CCN(CC(=O)N(C)C)CC3)c12.Cc1c(C(N)=O)sc2ncnc(Nc3ccc(F)cc3OC3CCN(CCN)CC3)c12.Cc1c(C(N)=O)sc2ncnc(Nc3ccc(F)cc3OC3CCN(Cc4nccs4)CC3)c12. The summed E-state index contributed by atoms with van der Waals surface area (Å²) in [5.74, 6) is -0.225. The molecule has 5 amide bonds. The van der Waals surface area contributed by atoms with Crippen LogP contribution >= 0.6 is 56.7 Å². The molecule has 13 aromatic rings. The zero-order chi connectivity index (χ0) is 94.3. The van der Waals surface area contributed by atoms with Gasteiger partial charge in [0.2, 0.25) is 5.91 Å². The van der Waals surface area contributed by atoms with Crippen LogP contribution in [0.4, 0.5) is 63.6 Å². The smallest absolute Gasteiger partial charge is 0.302 e. The number of fused-ring (bicyclic) bond motifs is 4. The Balaban J connectivity index is 0.000000143. The lowest BCUT2D eigenvalue weighted by Crippen LogP contribution is -2.43. The minimum Gasteiger partial charge on any atom is -0.488 e. The highest BCUT2D eigenvalue weighted by Crippen LogP contribution is 2.43. The van der Waals surface area contributed by atoms with Crippen molar-refractivity contribution in [3.63, 3.8) is 0 Å². The number of amides is 5. The van der Waals surface area contributed by atoms with E-state index < -0.39 is 35.3 Å². The summed E-state index contributed by atoms with van der Waals surface area (Å²) in [7, 11) is 3.49. The van der Waals surface area contributed by atoms with Gasteiger partial charge < -0.3 is 83.4 Å². The van der Waals surface area contributed by atoms with Gasteiger partial charge in [-0.3, -0.25) is 43.5 Å². The fourth-order valence-corrected chi connectivity index (χ4v) is 20.5. The lowest BCUT2D eigenvalue weighted by Gasteiger charge is -2.32. The summed E-state index contributed by atoms with van der Waals surface area (Å²) >= 11 is 6.53. The molecule has 9 aromatic heterocycles. The molecule has 0 atom stereocenters. The Labute approximate surface area is 782 Å². The number of nitrogens with zero attached hydrogens (tertiary/aromatic N) is 14. The summed E-state index contributed by atoms with van der Waals surface area (Å²) < 4.78 is 86.1. The molecule has 4 aliphatic rings. The van der Waals surface area contributed by atoms with Gasteiger partial charge in [0.15, 0.2) is 0 Å². The first kappa shape index (κ1) is 96.5. The van der Waals surface area contributed by atoms with E-state index in [1.165, 1.54) is 126 Å². The van der Waals surface area contributed by atoms with Crippen molar-refractivity contribution in [2.75, 3.05) is 121 Å². The monoisotopic (exact) mass is 1920 g/mol. The zero-order valence-electron chi connectivity index (χ0n) is 73.9. The number of ether oxygens (including phenoxy) is 5. The lowest BCUT2D eigenvalue weighted by atomic mass is 10.1. The van der Waals surface area contributed by atoms with Crippen LogP contribution in [0.25, 0.3) is 40.9 Å². The first-order valence-electron chi connectivity index (χ1n) is 42.9. The largest absolute Gasteiger partial charge is 0.488 e. The quantitative estimate of drug-likeness (QED) is 0.0155. The van der Waals surface area contributed by atoms with Crippen molar-refractivity contribution in [1.29, 1.82) is 0 Å². The molecule has 0 radical (unpaired) electrons. The van der Waals surface area contributed by atoms with Crippen molar-refractivity contribution >= 4 is 179 Å². The molecule has 13 heterocycles. The minimum absolute atomic E-state index is 0.00820. The topological polar surface area (TPSA) is 459 Å². The van der Waals surface area contributed by atoms with E-state index in [-0.39, 0.29) is 47.9 Å². The second kappa shape index (κ2) is 44.3. The molecule has 34 nitrogen and oxygen atoms in total. The Morgan fingerprint density at radius 2 is 0.714 bits per heavy atom. The van der Waals surface area contributed by atoms with Crippen LogP contribution in [-0.2, 0) is 20.9 Å². The van der Waals surface area contributed by atoms with Gasteiger partial charge in [0.05, 0.1) is 76.9 Å². The number of hydrogen-bond donors (Lipinski definition) is 9. The van der Waals surface area contributed by atoms with Crippen LogP contribution in [0.2, 0.25) is 0 Å². The number of aryl methyl sites for hydroxylation is 4. The first-order valence-corrected chi connectivity index (χ1v) is 47.0. The third kappa shape index (κ3) is 24.5. The second-order valence-electron chi connectivity index (χ2n) is 32.2. The predicted octanol–water partition coefficient (Wildman–Crippen LogP) is 13.6. The van der Waals surface area contributed by atoms with Crippen molar-refractivity contribution in [2.24, 2.45) is 28.7 Å². The van der Waals surface area contributed by atoms with Crippen LogP contribution in [0.3, 0.4) is 0 Å². The third-order valence-electron chi connectivity index (χ3n) is 22.8. The Morgan fingerprint density at radius 1 is 0.421 bits per heavy atom. The number of thiazole rings is 1. The van der Waals surface area contributed by atoms with Crippen molar-refractivity contribution < 1.29 is 70.0 Å². The normalized spacial score (nSPS) is 15.0. The molecular weight excluding hydrogens is 1820 g/mol. The highest BCUT2D eigenvalue weighted by atomic mass is 32.1. The third-order valence-corrected chi connectivity index (χ3v) is 28.4. The van der Waals surface area contributed by atoms with Crippen molar-refractivity contribution in [3.05, 3.63) is 180 Å². The highest BCUT2D eigenvalue weighted by Gasteiger charge is 2.31. The van der Waals surface area contributed by atoms with E-state index in [1.54, 1.807) is 68.4 Å². The molecule has 700 valence electrons. The standard InChI is InChI=1S/C23H27FN6O3S.C23H23FN6O2S2.C23H26FN5O4S.C21H25FN6O2S/c1-13-19-22(26-12-27-23(19)34-20(13)21(25)32)28-16-5-4-14(24)10-17(16)33-15-6-8-30(9-7-15)11-18(31)29(2)3;1-13-19-22(27-12-28-23(19)34-20(13)21(25)31)29-16-3-2-14(24)10-17(16)32-15-4-7-30(8-5-15)11-18-26-6-9-33-18;1-13-19-22(26-12-27-23(19)34-20(13)21(25)31)28-17-4-3-15(24)11-18(17)33-16-5-7-29(8-6-16)9-10-32-14(2)30;1-12-17-20(25-11-26-21(17)31-18(12)19(24)29)27-15-3-2-13(22)10-16(15)30-14-4-7-28(8-5-14)9-6-23/h4-5,10,12,15H,6-9,11H2,1-3H3,(H2,25,32)(H,26,27,28);2-3,6,9-10,12,15H,4-5,7-8,11H2,1H3,(H2,25,31)(H,27,28,29);3-4,11-12,16H,5-10H2,1-2H3,(H2,25,31)(H,26,27,28);2-3,10-11,14H,4-9,23H2,1H3,(H2,24,29)(H,25,26,27). The lowest BCUT2D eigenvalue weighted by molar-refractivity contribution is -0.141. The van der Waals surface area contributed by atoms with E-state index in [9.17, 15) is 46.3 Å². The van der Waals surface area contributed by atoms with E-state index in [0.717, 1.165) is 122 Å². The van der Waals surface area contributed by atoms with Crippen LogP contribution in [0.1, 0.15) is 124 Å². The predicted molar refractivity (Wildman–Crippen MR) is 507 cm³/mol. The number of hydrogen-bond acceptors (Lipinski definition) is 34. The van der Waals surface area contributed by atoms with Gasteiger partial charge >= 0.3 is 5.97 Å². The fourth-order valence-electron chi connectivity index (χ4n) is 15.9. The maximum absolute atomic E-state index is 14.1. The summed E-state index contributed by atoms with van der Waals surface area (Å²) in [6, 6.07) is 17.3. The van der Waals surface area contributed by atoms with Gasteiger partial charge in [-0.2, -0.15) is 0 Å². The average Bonchev–Trinajstić information content (AvgIpc) is 1.66. The van der Waals surface area contributed by atoms with Gasteiger partial charge in [-0.15, -0.1) is 56.7 Å². The van der Waals surface area contributed by atoms with Crippen LogP contribution in [0, 0.1) is 51.0 Å². The molecule has 17 rings (SSSR count). The molecule has 4 aromatic carbocycles. The maximum atomic E-state index is 14.1. The van der Waals surface area contributed by atoms with Gasteiger partial charge in [0.25, 0.3) is 23.6 Å². The number of anilines is 8. The van der Waals surface area contributed by atoms with Gasteiger partial charge in [-0.25, -0.2) is 62.4 Å². The van der Waals surface area contributed by atoms with E-state index in [1.807, 2.05) is 25.4 Å². The summed E-state index contributed by atoms with van der Waals surface area (Å²) in [6.07, 6.45) is 13.6. The molecule has 0 saturated carbocycles. The molecule has 0 bridgehead atoms. The average molecular weight is 1920 g/mol. The Hall–Kier alpha value is -12.6. The second-order valence-corrected chi connectivity index (χ2v) is 37.2. The molecule has 4 fully saturated rings. The van der Waals surface area contributed by atoms with Gasteiger partial charge in [0, 0.05) is 129 Å². The summed E-state index contributed by atoms with van der Waals surface area (Å²) in [5.41, 5.74) is 32.7. The number of piperidine rings is 4. The first-order chi connectivity index (χ1) is 64.0. The van der Waals surface area contributed by atoms with Crippen molar-refractivity contribution in [3.8, 4) is 23.0 Å². The number of aromatic nitrogens is 9. The number of likely N-dealkylation sites (tertiary alicyclic amines) is 4. The van der Waals surface area contributed by atoms with E-state index in [4.69, 9.17) is 52.4 Å². The number of halogens is 4. The number of nitrogens with one attached hydrogen (secondary N) is 4. The molecular formula is C90H101F4N23O11S5. The van der Waals surface area contributed by atoms with Crippen LogP contribution in [-0.4, -0.2) is 229 Å².